The van der Waals surface area contributed by atoms with Crippen LogP contribution in [0.1, 0.15) is 20.3 Å². The van der Waals surface area contributed by atoms with Gasteiger partial charge in [0, 0.05) is 0 Å². The normalized spacial score (nSPS) is 11.1. The van der Waals surface area contributed by atoms with Crippen molar-refractivity contribution < 1.29 is 0 Å². The molecule has 0 aliphatic rings. The average molecular weight is 122 g/mol. The fourth-order valence-electron chi connectivity index (χ4n) is 0.704. The Bertz CT molecular complexity index is 138. The highest BCUT2D eigenvalue weighted by Crippen LogP contribution is 2.09. The second-order valence-corrected chi connectivity index (χ2v) is 2.06. The van der Waals surface area contributed by atoms with Gasteiger partial charge in [-0.2, -0.15) is 0 Å². The van der Waals surface area contributed by atoms with Gasteiger partial charge in [0.05, 0.1) is 0 Å². The Balaban J connectivity index is 4.14. The van der Waals surface area contributed by atoms with Gasteiger partial charge in [0.15, 0.2) is 0 Å². The van der Waals surface area contributed by atoms with E-state index in [0.29, 0.717) is 0 Å². The summed E-state index contributed by atoms with van der Waals surface area (Å²) in [5.41, 5.74) is 2.42. The van der Waals surface area contributed by atoms with Crippen molar-refractivity contribution in [3.05, 3.63) is 36.5 Å². The Morgan fingerprint density at radius 1 is 1.56 bits per heavy atom. The van der Waals surface area contributed by atoms with Crippen molar-refractivity contribution >= 4 is 0 Å². The van der Waals surface area contributed by atoms with E-state index < -0.39 is 0 Å². The lowest BCUT2D eigenvalue weighted by atomic mass is 10.1. The Kier molecular flexibility index (Phi) is 3.78. The molecule has 0 aliphatic carbocycles. The number of allylic oxidation sites excluding steroid dienone is 4. The molecule has 0 fully saturated rings. The molecule has 0 saturated carbocycles. The summed E-state index contributed by atoms with van der Waals surface area (Å²) in [7, 11) is 0. The monoisotopic (exact) mass is 122 g/mol. The molecular weight excluding hydrogens is 108 g/mol. The lowest BCUT2D eigenvalue weighted by Gasteiger charge is -1.99. The van der Waals surface area contributed by atoms with Gasteiger partial charge >= 0.3 is 0 Å². The van der Waals surface area contributed by atoms with Gasteiger partial charge in [-0.3, -0.25) is 0 Å². The topological polar surface area (TPSA) is 0 Å². The van der Waals surface area contributed by atoms with Gasteiger partial charge in [-0.05, 0) is 18.9 Å². The van der Waals surface area contributed by atoms with E-state index in [0.717, 1.165) is 12.0 Å². The highest BCUT2D eigenvalue weighted by molar-refractivity contribution is 5.28. The van der Waals surface area contributed by atoms with Crippen LogP contribution in [0.25, 0.3) is 0 Å². The van der Waals surface area contributed by atoms with Crippen LogP contribution in [0.5, 0.6) is 0 Å². The Morgan fingerprint density at radius 2 is 2.11 bits per heavy atom. The first-order chi connectivity index (χ1) is 4.22. The molecule has 0 amide bonds. The molecule has 0 spiro atoms. The van der Waals surface area contributed by atoms with Crippen LogP contribution in [0.4, 0.5) is 0 Å². The SMILES string of the molecule is C=C/C=C(\CC)C(=C)C. The van der Waals surface area contributed by atoms with E-state index in [4.69, 9.17) is 0 Å². The minimum atomic E-state index is 1.04. The fourth-order valence-corrected chi connectivity index (χ4v) is 0.704. The molecule has 0 saturated heterocycles. The second-order valence-electron chi connectivity index (χ2n) is 2.06. The summed E-state index contributed by atoms with van der Waals surface area (Å²) < 4.78 is 0. The predicted octanol–water partition coefficient (Wildman–Crippen LogP) is 3.08. The highest BCUT2D eigenvalue weighted by Gasteiger charge is 1.89. The maximum atomic E-state index is 3.83. The first-order valence-electron chi connectivity index (χ1n) is 3.19. The van der Waals surface area contributed by atoms with Gasteiger partial charge < -0.3 is 0 Å². The van der Waals surface area contributed by atoms with Crippen molar-refractivity contribution in [3.63, 3.8) is 0 Å². The number of hydrogen-bond acceptors (Lipinski definition) is 0. The highest BCUT2D eigenvalue weighted by atomic mass is 14.0. The van der Waals surface area contributed by atoms with E-state index in [9.17, 15) is 0 Å². The Morgan fingerprint density at radius 3 is 2.22 bits per heavy atom. The van der Waals surface area contributed by atoms with Gasteiger partial charge in [0.25, 0.3) is 0 Å². The molecule has 0 heterocycles. The standard InChI is InChI=1S/C9H14/c1-5-7-9(6-2)8(3)4/h5,7H,1,3,6H2,2,4H3/b9-7+. The average Bonchev–Trinajstić information content (AvgIpc) is 1.82. The summed E-state index contributed by atoms with van der Waals surface area (Å²) in [4.78, 5) is 0. The molecule has 9 heavy (non-hydrogen) atoms. The van der Waals surface area contributed by atoms with E-state index >= 15 is 0 Å². The van der Waals surface area contributed by atoms with Crippen LogP contribution in [0.2, 0.25) is 0 Å². The van der Waals surface area contributed by atoms with Crippen molar-refractivity contribution in [2.24, 2.45) is 0 Å². The smallest absolute Gasteiger partial charge is 0.0305 e. The van der Waals surface area contributed by atoms with E-state index in [-0.39, 0.29) is 0 Å². The summed E-state index contributed by atoms with van der Waals surface area (Å²) in [5.74, 6) is 0. The van der Waals surface area contributed by atoms with E-state index in [1.807, 2.05) is 13.0 Å². The zero-order chi connectivity index (χ0) is 7.28. The van der Waals surface area contributed by atoms with E-state index in [2.05, 4.69) is 20.1 Å². The molecule has 0 rings (SSSR count). The largest absolute Gasteiger partial charge is 0.0991 e. The van der Waals surface area contributed by atoms with Gasteiger partial charge in [0.1, 0.15) is 0 Å². The first kappa shape index (κ1) is 8.22. The van der Waals surface area contributed by atoms with E-state index in [1.54, 1.807) is 6.08 Å². The molecule has 0 aromatic rings. The molecule has 0 atom stereocenters. The summed E-state index contributed by atoms with van der Waals surface area (Å²) in [5, 5.41) is 0. The molecule has 0 N–H and O–H groups in total. The molecule has 50 valence electrons. The lowest BCUT2D eigenvalue weighted by molar-refractivity contribution is 1.11. The van der Waals surface area contributed by atoms with Gasteiger partial charge in [-0.15, -0.1) is 0 Å². The fraction of sp³-hybridized carbons (Fsp3) is 0.333. The molecule has 0 aromatic carbocycles. The van der Waals surface area contributed by atoms with Crippen LogP contribution in [0.3, 0.4) is 0 Å². The van der Waals surface area contributed by atoms with Crippen molar-refractivity contribution in [3.8, 4) is 0 Å². The van der Waals surface area contributed by atoms with Crippen LogP contribution >= 0.6 is 0 Å². The van der Waals surface area contributed by atoms with Crippen LogP contribution < -0.4 is 0 Å². The Hall–Kier alpha value is -0.780. The van der Waals surface area contributed by atoms with Crippen LogP contribution in [-0.4, -0.2) is 0 Å². The third-order valence-corrected chi connectivity index (χ3v) is 1.25. The summed E-state index contributed by atoms with van der Waals surface area (Å²) in [6, 6.07) is 0. The van der Waals surface area contributed by atoms with Crippen molar-refractivity contribution in [1.29, 1.82) is 0 Å². The van der Waals surface area contributed by atoms with Crippen molar-refractivity contribution in [2.45, 2.75) is 20.3 Å². The van der Waals surface area contributed by atoms with Gasteiger partial charge in [0.2, 0.25) is 0 Å². The third-order valence-electron chi connectivity index (χ3n) is 1.25. The summed E-state index contributed by atoms with van der Waals surface area (Å²) >= 11 is 0. The van der Waals surface area contributed by atoms with Gasteiger partial charge in [-0.25, -0.2) is 0 Å². The minimum absolute atomic E-state index is 1.04. The molecule has 0 aromatic heterocycles. The maximum Gasteiger partial charge on any atom is -0.0305 e. The number of rotatable bonds is 3. The molecule has 0 radical (unpaired) electrons. The third kappa shape index (κ3) is 2.91. The summed E-state index contributed by atoms with van der Waals surface area (Å²) in [6.07, 6.45) is 4.84. The molecular formula is C9H14. The minimum Gasteiger partial charge on any atom is -0.0991 e. The molecule has 0 nitrogen and oxygen atoms in total. The predicted molar refractivity (Wildman–Crippen MR) is 43.4 cm³/mol. The quantitative estimate of drug-likeness (QED) is 0.504. The van der Waals surface area contributed by atoms with Crippen molar-refractivity contribution in [1.82, 2.24) is 0 Å². The van der Waals surface area contributed by atoms with Crippen LogP contribution in [-0.2, 0) is 0 Å². The molecule has 0 aliphatic heterocycles. The molecule has 0 heteroatoms. The summed E-state index contributed by atoms with van der Waals surface area (Å²) in [6.45, 7) is 11.6. The van der Waals surface area contributed by atoms with E-state index in [1.165, 1.54) is 5.57 Å². The Labute approximate surface area is 57.6 Å². The zero-order valence-electron chi connectivity index (χ0n) is 6.28. The second kappa shape index (κ2) is 4.13. The zero-order valence-corrected chi connectivity index (χ0v) is 6.28. The van der Waals surface area contributed by atoms with Crippen LogP contribution in [0.15, 0.2) is 36.5 Å². The maximum absolute atomic E-state index is 3.83. The van der Waals surface area contributed by atoms with Crippen LogP contribution in [0, 0.1) is 0 Å². The number of hydrogen-bond donors (Lipinski definition) is 0. The first-order valence-corrected chi connectivity index (χ1v) is 3.19. The van der Waals surface area contributed by atoms with Crippen molar-refractivity contribution in [2.75, 3.05) is 0 Å². The molecule has 0 bridgehead atoms. The molecule has 0 unspecified atom stereocenters. The lowest BCUT2D eigenvalue weighted by Crippen LogP contribution is -1.78. The van der Waals surface area contributed by atoms with Gasteiger partial charge in [-0.1, -0.05) is 37.8 Å².